The van der Waals surface area contributed by atoms with Crippen LogP contribution in [0.5, 0.6) is 0 Å². The fourth-order valence-electron chi connectivity index (χ4n) is 4.90. The van der Waals surface area contributed by atoms with Crippen molar-refractivity contribution in [3.05, 3.63) is 101 Å². The highest BCUT2D eigenvalue weighted by atomic mass is 35.5. The Bertz CT molecular complexity index is 983. The summed E-state index contributed by atoms with van der Waals surface area (Å²) in [6.45, 7) is 2.13. The number of carbonyl (C=O) groups is 1. The number of pyridine rings is 1. The number of nitrogens with one attached hydrogen (secondary N) is 1. The maximum Gasteiger partial charge on any atom is 0.230 e. The molecule has 3 aromatic rings. The first-order valence-electron chi connectivity index (χ1n) is 11.1. The van der Waals surface area contributed by atoms with Crippen LogP contribution in [0, 0.1) is 0 Å². The Balaban J connectivity index is 1.58. The lowest BCUT2D eigenvalue weighted by atomic mass is 9.77. The van der Waals surface area contributed by atoms with E-state index in [1.165, 1.54) is 11.1 Å². The normalized spacial score (nSPS) is 17.1. The molecule has 0 spiro atoms. The maximum absolute atomic E-state index is 13.7. The van der Waals surface area contributed by atoms with Crippen molar-refractivity contribution in [3.63, 3.8) is 0 Å². The van der Waals surface area contributed by atoms with Gasteiger partial charge in [0.2, 0.25) is 5.91 Å². The van der Waals surface area contributed by atoms with E-state index < -0.39 is 5.41 Å². The van der Waals surface area contributed by atoms with Gasteiger partial charge in [-0.2, -0.15) is 0 Å². The molecule has 0 saturated heterocycles. The summed E-state index contributed by atoms with van der Waals surface area (Å²) in [5, 5.41) is 4.14. The predicted molar refractivity (Wildman–Crippen MR) is 126 cm³/mol. The molecule has 1 aliphatic carbocycles. The summed E-state index contributed by atoms with van der Waals surface area (Å²) in [4.78, 5) is 17.8. The molecular formula is C27H29ClN2O. The fraction of sp³-hybridized carbons (Fsp3) is 0.333. The summed E-state index contributed by atoms with van der Waals surface area (Å²) in [7, 11) is 0. The predicted octanol–water partition coefficient (Wildman–Crippen LogP) is 6.08. The van der Waals surface area contributed by atoms with E-state index in [1.807, 2.05) is 30.3 Å². The molecule has 2 unspecified atom stereocenters. The van der Waals surface area contributed by atoms with Crippen LogP contribution in [-0.2, 0) is 16.6 Å². The van der Waals surface area contributed by atoms with Gasteiger partial charge in [-0.05, 0) is 67.1 Å². The first-order chi connectivity index (χ1) is 15.1. The molecule has 0 aliphatic heterocycles. The van der Waals surface area contributed by atoms with Gasteiger partial charge in [0.1, 0.15) is 0 Å². The minimum absolute atomic E-state index is 0.00936. The third kappa shape index (κ3) is 4.83. The zero-order valence-electron chi connectivity index (χ0n) is 17.9. The van der Waals surface area contributed by atoms with Gasteiger partial charge in [-0.25, -0.2) is 0 Å². The number of nitrogens with zero attached hydrogens (tertiary/aromatic N) is 1. The molecule has 0 bridgehead atoms. The van der Waals surface area contributed by atoms with Crippen LogP contribution < -0.4 is 5.32 Å². The molecule has 4 heteroatoms. The molecular weight excluding hydrogens is 404 g/mol. The van der Waals surface area contributed by atoms with Crippen molar-refractivity contribution in [1.82, 2.24) is 10.3 Å². The number of aromatic nitrogens is 1. The van der Waals surface area contributed by atoms with Crippen LogP contribution in [0.15, 0.2) is 79.1 Å². The zero-order chi connectivity index (χ0) is 21.7. The third-order valence-electron chi connectivity index (χ3n) is 6.68. The summed E-state index contributed by atoms with van der Waals surface area (Å²) in [6.07, 6.45) is 8.36. The van der Waals surface area contributed by atoms with Gasteiger partial charge in [0, 0.05) is 29.4 Å². The van der Waals surface area contributed by atoms with Gasteiger partial charge in [0.25, 0.3) is 0 Å². The minimum atomic E-state index is -0.446. The Morgan fingerprint density at radius 2 is 1.65 bits per heavy atom. The van der Waals surface area contributed by atoms with Crippen LogP contribution in [0.25, 0.3) is 0 Å². The van der Waals surface area contributed by atoms with E-state index in [0.29, 0.717) is 0 Å². The van der Waals surface area contributed by atoms with E-state index in [2.05, 4.69) is 53.6 Å². The number of halogens is 1. The van der Waals surface area contributed by atoms with Gasteiger partial charge in [-0.15, -0.1) is 0 Å². The van der Waals surface area contributed by atoms with E-state index in [9.17, 15) is 4.79 Å². The third-order valence-corrected chi connectivity index (χ3v) is 6.94. The van der Waals surface area contributed by atoms with Gasteiger partial charge >= 0.3 is 0 Å². The van der Waals surface area contributed by atoms with E-state index in [1.54, 1.807) is 12.4 Å². The fourth-order valence-corrected chi connectivity index (χ4v) is 5.03. The summed E-state index contributed by atoms with van der Waals surface area (Å²) < 4.78 is 0. The molecule has 31 heavy (non-hydrogen) atoms. The summed E-state index contributed by atoms with van der Waals surface area (Å²) in [6, 6.07) is 22.4. The second-order valence-corrected chi connectivity index (χ2v) is 9.07. The molecule has 160 valence electrons. The van der Waals surface area contributed by atoms with Crippen LogP contribution in [-0.4, -0.2) is 16.9 Å². The standard InChI is InChI=1S/C27H29ClN2O/c1-20(30-26(31)27(15-5-6-16-27)23-13-17-29-18-14-23)25(22-7-3-2-4-8-22)19-21-9-11-24(28)12-10-21/h2-4,7-14,17-18,20,25H,5-6,15-16,19H2,1H3,(H,30,31). The molecule has 2 aromatic carbocycles. The van der Waals surface area contributed by atoms with Gasteiger partial charge in [0.15, 0.2) is 0 Å². The lowest BCUT2D eigenvalue weighted by Gasteiger charge is -2.33. The number of amides is 1. The average molecular weight is 433 g/mol. The molecule has 1 heterocycles. The van der Waals surface area contributed by atoms with Crippen LogP contribution in [0.3, 0.4) is 0 Å². The molecule has 1 fully saturated rings. The Labute approximate surface area is 189 Å². The van der Waals surface area contributed by atoms with Crippen molar-refractivity contribution in [2.75, 3.05) is 0 Å². The Morgan fingerprint density at radius 3 is 2.29 bits per heavy atom. The van der Waals surface area contributed by atoms with Crippen molar-refractivity contribution < 1.29 is 4.79 Å². The largest absolute Gasteiger partial charge is 0.352 e. The van der Waals surface area contributed by atoms with Gasteiger partial charge in [-0.3, -0.25) is 9.78 Å². The van der Waals surface area contributed by atoms with E-state index in [0.717, 1.165) is 42.7 Å². The number of hydrogen-bond donors (Lipinski definition) is 1. The Kier molecular flexibility index (Phi) is 6.72. The van der Waals surface area contributed by atoms with Crippen molar-refractivity contribution in [3.8, 4) is 0 Å². The van der Waals surface area contributed by atoms with Crippen molar-refractivity contribution in [2.45, 2.75) is 56.4 Å². The summed E-state index contributed by atoms with van der Waals surface area (Å²) in [5.74, 6) is 0.308. The molecule has 2 atom stereocenters. The number of rotatable bonds is 7. The molecule has 1 saturated carbocycles. The van der Waals surface area contributed by atoms with Crippen molar-refractivity contribution >= 4 is 17.5 Å². The summed E-state index contributed by atoms with van der Waals surface area (Å²) in [5.41, 5.74) is 3.08. The SMILES string of the molecule is CC(NC(=O)C1(c2ccncc2)CCCC1)C(Cc1ccc(Cl)cc1)c1ccccc1. The quantitative estimate of drug-likeness (QED) is 0.491. The second-order valence-electron chi connectivity index (χ2n) is 8.64. The van der Waals surface area contributed by atoms with E-state index in [4.69, 9.17) is 11.6 Å². The van der Waals surface area contributed by atoms with Gasteiger partial charge < -0.3 is 5.32 Å². The average Bonchev–Trinajstić information content (AvgIpc) is 3.31. The maximum atomic E-state index is 13.7. The number of carbonyl (C=O) groups excluding carboxylic acids is 1. The molecule has 1 aromatic heterocycles. The van der Waals surface area contributed by atoms with Crippen molar-refractivity contribution in [1.29, 1.82) is 0 Å². The second kappa shape index (κ2) is 9.65. The van der Waals surface area contributed by atoms with E-state index in [-0.39, 0.29) is 17.9 Å². The Morgan fingerprint density at radius 1 is 1.00 bits per heavy atom. The first-order valence-corrected chi connectivity index (χ1v) is 11.5. The molecule has 3 nitrogen and oxygen atoms in total. The first kappa shape index (κ1) is 21.6. The van der Waals surface area contributed by atoms with Gasteiger partial charge in [0.05, 0.1) is 5.41 Å². The van der Waals surface area contributed by atoms with E-state index >= 15 is 0 Å². The molecule has 4 rings (SSSR count). The molecule has 1 aliphatic rings. The van der Waals surface area contributed by atoms with Crippen LogP contribution >= 0.6 is 11.6 Å². The minimum Gasteiger partial charge on any atom is -0.352 e. The topological polar surface area (TPSA) is 42.0 Å². The van der Waals surface area contributed by atoms with Crippen LogP contribution in [0.4, 0.5) is 0 Å². The number of hydrogen-bond acceptors (Lipinski definition) is 2. The van der Waals surface area contributed by atoms with Crippen molar-refractivity contribution in [2.24, 2.45) is 0 Å². The lowest BCUT2D eigenvalue weighted by Crippen LogP contribution is -2.48. The van der Waals surface area contributed by atoms with Crippen LogP contribution in [0.2, 0.25) is 5.02 Å². The van der Waals surface area contributed by atoms with Crippen LogP contribution in [0.1, 0.15) is 55.2 Å². The molecule has 1 amide bonds. The lowest BCUT2D eigenvalue weighted by molar-refractivity contribution is -0.127. The number of benzene rings is 2. The monoisotopic (exact) mass is 432 g/mol. The highest BCUT2D eigenvalue weighted by Crippen LogP contribution is 2.41. The summed E-state index contributed by atoms with van der Waals surface area (Å²) >= 11 is 6.08. The smallest absolute Gasteiger partial charge is 0.230 e. The molecule has 0 radical (unpaired) electrons. The molecule has 1 N–H and O–H groups in total. The van der Waals surface area contributed by atoms with Gasteiger partial charge in [-0.1, -0.05) is 66.9 Å². The Hall–Kier alpha value is -2.65. The zero-order valence-corrected chi connectivity index (χ0v) is 18.7. The highest BCUT2D eigenvalue weighted by Gasteiger charge is 2.43. The highest BCUT2D eigenvalue weighted by molar-refractivity contribution is 6.30.